The number of rotatable bonds is 5. The Morgan fingerprint density at radius 2 is 1.76 bits per heavy atom. The van der Waals surface area contributed by atoms with Gasteiger partial charge in [-0.1, -0.05) is 34.8 Å². The van der Waals surface area contributed by atoms with Crippen molar-refractivity contribution in [3.63, 3.8) is 0 Å². The molecule has 0 unspecified atom stereocenters. The van der Waals surface area contributed by atoms with Gasteiger partial charge in [-0.05, 0) is 49.2 Å². The van der Waals surface area contributed by atoms with Crippen LogP contribution in [0.1, 0.15) is 12.8 Å². The van der Waals surface area contributed by atoms with E-state index in [1.807, 2.05) is 0 Å². The maximum absolute atomic E-state index is 12.9. The highest BCUT2D eigenvalue weighted by atomic mass is 35.5. The Labute approximate surface area is 184 Å². The van der Waals surface area contributed by atoms with Gasteiger partial charge in [0, 0.05) is 13.1 Å². The highest BCUT2D eigenvalue weighted by Crippen LogP contribution is 2.33. The fourth-order valence-electron chi connectivity index (χ4n) is 3.12. The van der Waals surface area contributed by atoms with E-state index in [0.29, 0.717) is 30.8 Å². The zero-order valence-electron chi connectivity index (χ0n) is 15.5. The third kappa shape index (κ3) is 4.98. The van der Waals surface area contributed by atoms with E-state index in [1.54, 1.807) is 12.1 Å². The van der Waals surface area contributed by atoms with Gasteiger partial charge in [0.25, 0.3) is 0 Å². The molecule has 2 aromatic rings. The lowest BCUT2D eigenvalue weighted by Crippen LogP contribution is -2.43. The number of amides is 1. The molecule has 3 rings (SSSR count). The van der Waals surface area contributed by atoms with Gasteiger partial charge < -0.3 is 10.1 Å². The van der Waals surface area contributed by atoms with Crippen molar-refractivity contribution in [3.8, 4) is 5.75 Å². The van der Waals surface area contributed by atoms with Crippen LogP contribution in [0, 0.1) is 5.92 Å². The average molecular weight is 478 g/mol. The minimum absolute atomic E-state index is 0.0825. The topological polar surface area (TPSA) is 75.7 Å². The van der Waals surface area contributed by atoms with Gasteiger partial charge in [0.15, 0.2) is 0 Å². The molecule has 10 heteroatoms. The summed E-state index contributed by atoms with van der Waals surface area (Å²) in [6.07, 6.45) is 1.14. The third-order valence-electron chi connectivity index (χ3n) is 4.72. The molecule has 1 heterocycles. The number of carbonyl (C=O) groups is 1. The minimum Gasteiger partial charge on any atom is -0.497 e. The number of sulfonamides is 1. The minimum atomic E-state index is -3.71. The molecule has 0 aromatic heterocycles. The summed E-state index contributed by atoms with van der Waals surface area (Å²) in [4.78, 5) is 12.9. The number of benzene rings is 2. The maximum atomic E-state index is 12.9. The molecule has 1 atom stereocenters. The SMILES string of the molecule is COc1ccc(S(=O)(=O)N2CCC[C@H](C(=O)Nc3cc(Cl)c(Cl)cc3Cl)C2)cc1. The summed E-state index contributed by atoms with van der Waals surface area (Å²) in [6, 6.07) is 9.09. The number of nitrogens with zero attached hydrogens (tertiary/aromatic N) is 1. The molecule has 1 amide bonds. The Balaban J connectivity index is 1.74. The van der Waals surface area contributed by atoms with Crippen LogP contribution in [0.5, 0.6) is 5.75 Å². The van der Waals surface area contributed by atoms with E-state index in [0.717, 1.165) is 0 Å². The predicted octanol–water partition coefficient (Wildman–Crippen LogP) is 4.69. The smallest absolute Gasteiger partial charge is 0.243 e. The molecular formula is C19H19Cl3N2O4S. The van der Waals surface area contributed by atoms with E-state index in [9.17, 15) is 13.2 Å². The molecule has 6 nitrogen and oxygen atoms in total. The largest absolute Gasteiger partial charge is 0.497 e. The predicted molar refractivity (Wildman–Crippen MR) is 115 cm³/mol. The van der Waals surface area contributed by atoms with Crippen LogP contribution in [0.15, 0.2) is 41.3 Å². The van der Waals surface area contributed by atoms with Gasteiger partial charge in [-0.25, -0.2) is 8.42 Å². The Hall–Kier alpha value is -1.51. The van der Waals surface area contributed by atoms with E-state index in [4.69, 9.17) is 39.5 Å². The molecule has 29 heavy (non-hydrogen) atoms. The third-order valence-corrected chi connectivity index (χ3v) is 7.63. The second-order valence-corrected chi connectivity index (χ2v) is 9.77. The summed E-state index contributed by atoms with van der Waals surface area (Å²) < 4.78 is 32.3. The van der Waals surface area contributed by atoms with Crippen LogP contribution in [-0.2, 0) is 14.8 Å². The molecule has 0 spiro atoms. The lowest BCUT2D eigenvalue weighted by Gasteiger charge is -2.31. The summed E-state index contributed by atoms with van der Waals surface area (Å²) >= 11 is 18.0. The zero-order chi connectivity index (χ0) is 21.2. The Bertz CT molecular complexity index is 1010. The number of halogens is 3. The van der Waals surface area contributed by atoms with Crippen molar-refractivity contribution in [2.45, 2.75) is 17.7 Å². The highest BCUT2D eigenvalue weighted by molar-refractivity contribution is 7.89. The van der Waals surface area contributed by atoms with Crippen molar-refractivity contribution in [3.05, 3.63) is 51.5 Å². The molecule has 0 aliphatic carbocycles. The summed E-state index contributed by atoms with van der Waals surface area (Å²) in [7, 11) is -2.20. The molecular weight excluding hydrogens is 459 g/mol. The fourth-order valence-corrected chi connectivity index (χ4v) is 5.24. The Kier molecular flexibility index (Phi) is 6.96. The second-order valence-electron chi connectivity index (χ2n) is 6.61. The summed E-state index contributed by atoms with van der Waals surface area (Å²) in [5, 5.41) is 3.52. The van der Waals surface area contributed by atoms with Gasteiger partial charge in [0.2, 0.25) is 15.9 Å². The maximum Gasteiger partial charge on any atom is 0.243 e. The van der Waals surface area contributed by atoms with Crippen LogP contribution in [0.3, 0.4) is 0 Å². The number of hydrogen-bond donors (Lipinski definition) is 1. The van der Waals surface area contributed by atoms with Crippen LogP contribution in [0.4, 0.5) is 5.69 Å². The van der Waals surface area contributed by atoms with E-state index in [2.05, 4.69) is 5.32 Å². The summed E-state index contributed by atoms with van der Waals surface area (Å²) in [5.74, 6) is -0.263. The number of nitrogens with one attached hydrogen (secondary N) is 1. The first-order chi connectivity index (χ1) is 13.7. The first-order valence-corrected chi connectivity index (χ1v) is 11.4. The Morgan fingerprint density at radius 1 is 1.10 bits per heavy atom. The normalized spacial score (nSPS) is 17.7. The number of ether oxygens (including phenoxy) is 1. The van der Waals surface area contributed by atoms with Gasteiger partial charge in [-0.2, -0.15) is 4.31 Å². The van der Waals surface area contributed by atoms with E-state index < -0.39 is 15.9 Å². The average Bonchev–Trinajstić information content (AvgIpc) is 2.72. The van der Waals surface area contributed by atoms with E-state index in [1.165, 1.54) is 35.7 Å². The molecule has 156 valence electrons. The molecule has 1 saturated heterocycles. The molecule has 0 saturated carbocycles. The molecule has 1 fully saturated rings. The van der Waals surface area contributed by atoms with Crippen LogP contribution in [0.25, 0.3) is 0 Å². The van der Waals surface area contributed by atoms with Crippen molar-refractivity contribution < 1.29 is 17.9 Å². The fraction of sp³-hybridized carbons (Fsp3) is 0.316. The molecule has 1 N–H and O–H groups in total. The van der Waals surface area contributed by atoms with Crippen LogP contribution < -0.4 is 10.1 Å². The van der Waals surface area contributed by atoms with E-state index in [-0.39, 0.29) is 32.4 Å². The first-order valence-electron chi connectivity index (χ1n) is 8.82. The van der Waals surface area contributed by atoms with Gasteiger partial charge in [-0.15, -0.1) is 0 Å². The molecule has 0 bridgehead atoms. The van der Waals surface area contributed by atoms with Crippen molar-refractivity contribution in [2.75, 3.05) is 25.5 Å². The first kappa shape index (κ1) is 22.2. The standard InChI is InChI=1S/C19H19Cl3N2O4S/c1-28-13-4-6-14(7-5-13)29(26,27)24-8-2-3-12(11-24)19(25)23-18-10-16(21)15(20)9-17(18)22/h4-7,9-10,12H,2-3,8,11H2,1H3,(H,23,25)/t12-/m0/s1. The van der Waals surface area contributed by atoms with Gasteiger partial charge in [-0.3, -0.25) is 4.79 Å². The Morgan fingerprint density at radius 3 is 2.41 bits per heavy atom. The monoisotopic (exact) mass is 476 g/mol. The van der Waals surface area contributed by atoms with Gasteiger partial charge in [0.1, 0.15) is 5.75 Å². The summed E-state index contributed by atoms with van der Waals surface area (Å²) in [5.41, 5.74) is 0.334. The second kappa shape index (κ2) is 9.10. The van der Waals surface area contributed by atoms with Crippen molar-refractivity contribution >= 4 is 56.4 Å². The van der Waals surface area contributed by atoms with Crippen molar-refractivity contribution in [2.24, 2.45) is 5.92 Å². The molecule has 1 aliphatic rings. The van der Waals surface area contributed by atoms with Gasteiger partial charge >= 0.3 is 0 Å². The van der Waals surface area contributed by atoms with E-state index >= 15 is 0 Å². The molecule has 2 aromatic carbocycles. The van der Waals surface area contributed by atoms with Crippen LogP contribution in [-0.4, -0.2) is 38.8 Å². The number of anilines is 1. The number of hydrogen-bond acceptors (Lipinski definition) is 4. The van der Waals surface area contributed by atoms with Crippen molar-refractivity contribution in [1.82, 2.24) is 4.31 Å². The number of piperidine rings is 1. The number of methoxy groups -OCH3 is 1. The molecule has 1 aliphatic heterocycles. The summed E-state index contributed by atoms with van der Waals surface area (Å²) in [6.45, 7) is 0.435. The quantitative estimate of drug-likeness (QED) is 0.634. The van der Waals surface area contributed by atoms with Crippen LogP contribution in [0.2, 0.25) is 15.1 Å². The molecule has 0 radical (unpaired) electrons. The zero-order valence-corrected chi connectivity index (χ0v) is 18.6. The lowest BCUT2D eigenvalue weighted by atomic mass is 9.98. The van der Waals surface area contributed by atoms with Crippen LogP contribution >= 0.6 is 34.8 Å². The lowest BCUT2D eigenvalue weighted by molar-refractivity contribution is -0.120. The van der Waals surface area contributed by atoms with Gasteiger partial charge in [0.05, 0.1) is 38.7 Å². The highest BCUT2D eigenvalue weighted by Gasteiger charge is 2.33. The number of carbonyl (C=O) groups excluding carboxylic acids is 1. The van der Waals surface area contributed by atoms with Crippen molar-refractivity contribution in [1.29, 1.82) is 0 Å².